The molecule has 104 valence electrons. The summed E-state index contributed by atoms with van der Waals surface area (Å²) in [5, 5.41) is 10.2. The Balaban J connectivity index is 1.82. The van der Waals surface area contributed by atoms with Crippen molar-refractivity contribution < 1.29 is 14.6 Å². The van der Waals surface area contributed by atoms with Crippen LogP contribution in [0.4, 0.5) is 0 Å². The minimum Gasteiger partial charge on any atom is -0.394 e. The molecule has 1 aliphatic carbocycles. The summed E-state index contributed by atoms with van der Waals surface area (Å²) in [6.07, 6.45) is 4.88. The van der Waals surface area contributed by atoms with Crippen LogP contribution in [0, 0.1) is 0 Å². The van der Waals surface area contributed by atoms with Crippen LogP contribution in [0.2, 0.25) is 5.02 Å². The summed E-state index contributed by atoms with van der Waals surface area (Å²) in [5.41, 5.74) is 1.02. The molecule has 1 aliphatic heterocycles. The Morgan fingerprint density at radius 1 is 1.11 bits per heavy atom. The van der Waals surface area contributed by atoms with Crippen LogP contribution >= 0.6 is 11.6 Å². The van der Waals surface area contributed by atoms with Crippen molar-refractivity contribution in [3.05, 3.63) is 34.9 Å². The summed E-state index contributed by atoms with van der Waals surface area (Å²) in [6.45, 7) is -0.0188. The van der Waals surface area contributed by atoms with Crippen molar-refractivity contribution >= 4 is 11.6 Å². The van der Waals surface area contributed by atoms with Crippen LogP contribution in [0.25, 0.3) is 0 Å². The SMILES string of the molecule is OC[C@H]1OC2(CCCCC2)O[C@@H]1c1ccc(Cl)cc1. The lowest BCUT2D eigenvalue weighted by atomic mass is 9.94. The predicted octanol–water partition coefficient (Wildman–Crippen LogP) is 3.45. The molecule has 1 aromatic rings. The van der Waals surface area contributed by atoms with Gasteiger partial charge in [-0.1, -0.05) is 30.2 Å². The zero-order valence-corrected chi connectivity index (χ0v) is 11.6. The van der Waals surface area contributed by atoms with Crippen molar-refractivity contribution in [2.75, 3.05) is 6.61 Å². The standard InChI is InChI=1S/C15H19ClO3/c16-12-6-4-11(5-7-12)14-13(10-17)18-15(19-14)8-2-1-3-9-15/h4-7,13-14,17H,1-3,8-10H2/t13-,14-/m1/s1. The van der Waals surface area contributed by atoms with Crippen molar-refractivity contribution in [3.63, 3.8) is 0 Å². The molecule has 0 aromatic heterocycles. The summed E-state index contributed by atoms with van der Waals surface area (Å²) in [4.78, 5) is 0. The minimum atomic E-state index is -0.476. The van der Waals surface area contributed by atoms with Gasteiger partial charge in [0.1, 0.15) is 12.2 Å². The third-order valence-electron chi connectivity index (χ3n) is 4.04. The summed E-state index contributed by atoms with van der Waals surface area (Å²) < 4.78 is 12.2. The predicted molar refractivity (Wildman–Crippen MR) is 73.1 cm³/mol. The molecule has 1 aromatic carbocycles. The largest absolute Gasteiger partial charge is 0.394 e. The van der Waals surface area contributed by atoms with E-state index < -0.39 is 5.79 Å². The van der Waals surface area contributed by atoms with Crippen molar-refractivity contribution in [2.24, 2.45) is 0 Å². The van der Waals surface area contributed by atoms with E-state index in [2.05, 4.69) is 0 Å². The Morgan fingerprint density at radius 2 is 1.79 bits per heavy atom. The van der Waals surface area contributed by atoms with Gasteiger partial charge in [0.25, 0.3) is 0 Å². The van der Waals surface area contributed by atoms with E-state index in [1.807, 2.05) is 24.3 Å². The molecule has 1 spiro atoms. The van der Waals surface area contributed by atoms with Crippen LogP contribution in [0.5, 0.6) is 0 Å². The first-order valence-electron chi connectivity index (χ1n) is 6.94. The first kappa shape index (κ1) is 13.4. The van der Waals surface area contributed by atoms with E-state index in [0.717, 1.165) is 31.2 Å². The van der Waals surface area contributed by atoms with Gasteiger partial charge in [0, 0.05) is 17.9 Å². The Morgan fingerprint density at radius 3 is 2.42 bits per heavy atom. The van der Waals surface area contributed by atoms with E-state index in [-0.39, 0.29) is 18.8 Å². The summed E-state index contributed by atoms with van der Waals surface area (Å²) >= 11 is 5.91. The molecule has 2 aliphatic rings. The fourth-order valence-corrected chi connectivity index (χ4v) is 3.19. The maximum absolute atomic E-state index is 9.54. The minimum absolute atomic E-state index is 0.0188. The molecular formula is C15H19ClO3. The van der Waals surface area contributed by atoms with E-state index in [1.54, 1.807) is 0 Å². The number of ether oxygens (including phenoxy) is 2. The number of halogens is 1. The summed E-state index contributed by atoms with van der Waals surface area (Å²) in [7, 11) is 0. The van der Waals surface area contributed by atoms with Gasteiger partial charge in [-0.05, 0) is 30.5 Å². The molecule has 4 heteroatoms. The van der Waals surface area contributed by atoms with Crippen molar-refractivity contribution in [3.8, 4) is 0 Å². The van der Waals surface area contributed by atoms with Gasteiger partial charge in [-0.25, -0.2) is 0 Å². The molecule has 1 heterocycles. The fourth-order valence-electron chi connectivity index (χ4n) is 3.07. The van der Waals surface area contributed by atoms with Gasteiger partial charge in [-0.2, -0.15) is 0 Å². The Kier molecular flexibility index (Phi) is 3.81. The second-order valence-corrected chi connectivity index (χ2v) is 5.84. The van der Waals surface area contributed by atoms with E-state index >= 15 is 0 Å². The molecule has 2 atom stereocenters. The van der Waals surface area contributed by atoms with Crippen LogP contribution in [-0.4, -0.2) is 23.6 Å². The van der Waals surface area contributed by atoms with Crippen LogP contribution in [-0.2, 0) is 9.47 Å². The van der Waals surface area contributed by atoms with Crippen LogP contribution < -0.4 is 0 Å². The molecule has 3 rings (SSSR count). The quantitative estimate of drug-likeness (QED) is 0.903. The third-order valence-corrected chi connectivity index (χ3v) is 4.29. The van der Waals surface area contributed by atoms with Crippen molar-refractivity contribution in [2.45, 2.75) is 50.1 Å². The van der Waals surface area contributed by atoms with Gasteiger partial charge in [0.2, 0.25) is 0 Å². The third kappa shape index (κ3) is 2.65. The average Bonchev–Trinajstić information content (AvgIpc) is 2.79. The van der Waals surface area contributed by atoms with E-state index in [0.29, 0.717) is 5.02 Å². The highest BCUT2D eigenvalue weighted by Gasteiger charge is 2.48. The monoisotopic (exact) mass is 282 g/mol. The highest BCUT2D eigenvalue weighted by molar-refractivity contribution is 6.30. The first-order chi connectivity index (χ1) is 9.22. The zero-order chi connectivity index (χ0) is 13.3. The highest BCUT2D eigenvalue weighted by Crippen LogP contribution is 2.45. The number of hydrogen-bond donors (Lipinski definition) is 1. The van der Waals surface area contributed by atoms with Crippen LogP contribution in [0.3, 0.4) is 0 Å². The van der Waals surface area contributed by atoms with Crippen molar-refractivity contribution in [1.82, 2.24) is 0 Å². The van der Waals surface area contributed by atoms with E-state index in [1.165, 1.54) is 6.42 Å². The molecule has 3 nitrogen and oxygen atoms in total. The molecule has 1 saturated carbocycles. The molecular weight excluding hydrogens is 264 g/mol. The lowest BCUT2D eigenvalue weighted by Gasteiger charge is -2.31. The molecule has 0 unspecified atom stereocenters. The van der Waals surface area contributed by atoms with Crippen LogP contribution in [0.15, 0.2) is 24.3 Å². The normalized spacial score (nSPS) is 29.8. The molecule has 1 saturated heterocycles. The summed E-state index contributed by atoms with van der Waals surface area (Å²) in [5.74, 6) is -0.476. The fraction of sp³-hybridized carbons (Fsp3) is 0.600. The summed E-state index contributed by atoms with van der Waals surface area (Å²) in [6, 6.07) is 7.59. The molecule has 0 radical (unpaired) electrons. The van der Waals surface area contributed by atoms with Gasteiger partial charge in [-0.15, -0.1) is 0 Å². The van der Waals surface area contributed by atoms with Gasteiger partial charge >= 0.3 is 0 Å². The molecule has 19 heavy (non-hydrogen) atoms. The van der Waals surface area contributed by atoms with Crippen molar-refractivity contribution in [1.29, 1.82) is 0 Å². The molecule has 2 fully saturated rings. The Labute approximate surface area is 118 Å². The second kappa shape index (κ2) is 5.41. The second-order valence-electron chi connectivity index (χ2n) is 5.40. The van der Waals surface area contributed by atoms with Crippen LogP contribution in [0.1, 0.15) is 43.8 Å². The Hall–Kier alpha value is -0.610. The number of aliphatic hydroxyl groups excluding tert-OH is 1. The maximum Gasteiger partial charge on any atom is 0.169 e. The van der Waals surface area contributed by atoms with E-state index in [4.69, 9.17) is 21.1 Å². The van der Waals surface area contributed by atoms with Gasteiger partial charge < -0.3 is 14.6 Å². The number of benzene rings is 1. The smallest absolute Gasteiger partial charge is 0.169 e. The van der Waals surface area contributed by atoms with Gasteiger partial charge in [0.05, 0.1) is 6.61 Å². The first-order valence-corrected chi connectivity index (χ1v) is 7.32. The van der Waals surface area contributed by atoms with Gasteiger partial charge in [0.15, 0.2) is 5.79 Å². The average molecular weight is 283 g/mol. The molecule has 0 bridgehead atoms. The highest BCUT2D eigenvalue weighted by atomic mass is 35.5. The van der Waals surface area contributed by atoms with Gasteiger partial charge in [-0.3, -0.25) is 0 Å². The topological polar surface area (TPSA) is 38.7 Å². The lowest BCUT2D eigenvalue weighted by molar-refractivity contribution is -0.196. The number of rotatable bonds is 2. The zero-order valence-electron chi connectivity index (χ0n) is 10.8. The Bertz CT molecular complexity index is 426. The lowest BCUT2D eigenvalue weighted by Crippen LogP contribution is -2.33. The molecule has 0 amide bonds. The maximum atomic E-state index is 9.54. The number of hydrogen-bond acceptors (Lipinski definition) is 3. The molecule has 1 N–H and O–H groups in total. The number of aliphatic hydroxyl groups is 1. The van der Waals surface area contributed by atoms with E-state index in [9.17, 15) is 5.11 Å².